The Kier molecular flexibility index (Phi) is 3.38. The van der Waals surface area contributed by atoms with Crippen LogP contribution in [0, 0.1) is 6.92 Å². The molecular weight excluding hydrogens is 220 g/mol. The van der Waals surface area contributed by atoms with Crippen molar-refractivity contribution in [2.45, 2.75) is 16.8 Å². The maximum atomic E-state index is 5.28. The number of aromatic nitrogens is 2. The highest BCUT2D eigenvalue weighted by atomic mass is 32.2. The van der Waals surface area contributed by atoms with E-state index < -0.39 is 0 Å². The zero-order valence-corrected chi connectivity index (χ0v) is 9.66. The van der Waals surface area contributed by atoms with E-state index in [1.54, 1.807) is 24.2 Å². The fraction of sp³-hybridized carbons (Fsp3) is 0.0909. The molecule has 0 radical (unpaired) electrons. The van der Waals surface area contributed by atoms with Crippen molar-refractivity contribution < 1.29 is 0 Å². The molecule has 0 unspecified atom stereocenters. The number of hydrogen-bond donors (Lipinski definition) is 2. The van der Waals surface area contributed by atoms with E-state index in [2.05, 4.69) is 34.5 Å². The van der Waals surface area contributed by atoms with Gasteiger partial charge in [0.1, 0.15) is 5.03 Å². The van der Waals surface area contributed by atoms with Gasteiger partial charge in [0, 0.05) is 4.90 Å². The number of nitrogens with two attached hydrogens (primary N) is 1. The molecule has 2 aromatic rings. The number of hydrazine groups is 1. The molecule has 0 fully saturated rings. The van der Waals surface area contributed by atoms with Gasteiger partial charge in [-0.25, -0.2) is 10.8 Å². The monoisotopic (exact) mass is 232 g/mol. The predicted molar refractivity (Wildman–Crippen MR) is 65.1 cm³/mol. The molecule has 3 N–H and O–H groups in total. The van der Waals surface area contributed by atoms with Gasteiger partial charge in [-0.2, -0.15) is 0 Å². The minimum Gasteiger partial charge on any atom is -0.307 e. The lowest BCUT2D eigenvalue weighted by atomic mass is 10.2. The molecule has 0 atom stereocenters. The summed E-state index contributed by atoms with van der Waals surface area (Å²) < 4.78 is 0. The maximum Gasteiger partial charge on any atom is 0.159 e. The van der Waals surface area contributed by atoms with Gasteiger partial charge in [-0.15, -0.1) is 0 Å². The summed E-state index contributed by atoms with van der Waals surface area (Å²) in [6, 6.07) is 8.15. The van der Waals surface area contributed by atoms with Crippen molar-refractivity contribution in [3.8, 4) is 0 Å². The van der Waals surface area contributed by atoms with E-state index in [9.17, 15) is 0 Å². The van der Waals surface area contributed by atoms with E-state index in [0.717, 1.165) is 5.03 Å². The van der Waals surface area contributed by atoms with Gasteiger partial charge in [-0.3, -0.25) is 4.98 Å². The van der Waals surface area contributed by atoms with Gasteiger partial charge in [0.25, 0.3) is 0 Å². The fourth-order valence-corrected chi connectivity index (χ4v) is 2.11. The molecule has 0 aliphatic carbocycles. The molecule has 16 heavy (non-hydrogen) atoms. The van der Waals surface area contributed by atoms with Crippen LogP contribution in [-0.2, 0) is 0 Å². The Balaban J connectivity index is 2.24. The number of anilines is 1. The molecule has 0 spiro atoms. The van der Waals surface area contributed by atoms with Crippen LogP contribution >= 0.6 is 11.8 Å². The zero-order chi connectivity index (χ0) is 11.4. The average molecular weight is 232 g/mol. The van der Waals surface area contributed by atoms with Crippen molar-refractivity contribution in [2.75, 3.05) is 5.43 Å². The lowest BCUT2D eigenvalue weighted by Crippen LogP contribution is -2.08. The van der Waals surface area contributed by atoms with Crippen molar-refractivity contribution in [1.29, 1.82) is 0 Å². The summed E-state index contributed by atoms with van der Waals surface area (Å²) in [4.78, 5) is 9.52. The Hall–Kier alpha value is -1.59. The average Bonchev–Trinajstić information content (AvgIpc) is 2.32. The molecule has 0 saturated heterocycles. The molecule has 0 aliphatic rings. The summed E-state index contributed by atoms with van der Waals surface area (Å²) >= 11 is 1.57. The van der Waals surface area contributed by atoms with Gasteiger partial charge in [-0.1, -0.05) is 30.0 Å². The van der Waals surface area contributed by atoms with Crippen LogP contribution in [0.2, 0.25) is 0 Å². The van der Waals surface area contributed by atoms with Crippen LogP contribution in [0.25, 0.3) is 0 Å². The summed E-state index contributed by atoms with van der Waals surface area (Å²) in [7, 11) is 0. The quantitative estimate of drug-likeness (QED) is 0.627. The summed E-state index contributed by atoms with van der Waals surface area (Å²) in [5, 5.41) is 0.824. The molecule has 1 heterocycles. The molecule has 5 heteroatoms. The predicted octanol–water partition coefficient (Wildman–Crippen LogP) is 2.22. The highest BCUT2D eigenvalue weighted by Gasteiger charge is 2.02. The standard InChI is InChI=1S/C11H12N4S/c1-8-4-2-3-5-9(8)16-11-7-13-6-10(14-11)15-12/h2-7H,12H2,1H3,(H,14,15). The fourth-order valence-electron chi connectivity index (χ4n) is 1.25. The van der Waals surface area contributed by atoms with Gasteiger partial charge in [0.15, 0.2) is 5.82 Å². The normalized spacial score (nSPS) is 10.1. The van der Waals surface area contributed by atoms with E-state index in [0.29, 0.717) is 5.82 Å². The third-order valence-electron chi connectivity index (χ3n) is 2.07. The Bertz CT molecular complexity index is 487. The van der Waals surface area contributed by atoms with Crippen LogP contribution in [0.1, 0.15) is 5.56 Å². The van der Waals surface area contributed by atoms with Crippen molar-refractivity contribution in [2.24, 2.45) is 5.84 Å². The largest absolute Gasteiger partial charge is 0.307 e. The number of nitrogen functional groups attached to an aromatic ring is 1. The maximum absolute atomic E-state index is 5.28. The molecule has 2 rings (SSSR count). The first-order valence-corrected chi connectivity index (χ1v) is 5.63. The summed E-state index contributed by atoms with van der Waals surface area (Å²) in [5.41, 5.74) is 3.70. The topological polar surface area (TPSA) is 63.8 Å². The summed E-state index contributed by atoms with van der Waals surface area (Å²) in [6.45, 7) is 2.07. The van der Waals surface area contributed by atoms with E-state index >= 15 is 0 Å². The second-order valence-corrected chi connectivity index (χ2v) is 4.32. The molecule has 1 aromatic carbocycles. The summed E-state index contributed by atoms with van der Waals surface area (Å²) in [5.74, 6) is 5.85. The molecule has 1 aromatic heterocycles. The smallest absolute Gasteiger partial charge is 0.159 e. The third-order valence-corrected chi connectivity index (χ3v) is 3.15. The Morgan fingerprint density at radius 1 is 1.25 bits per heavy atom. The Morgan fingerprint density at radius 2 is 2.06 bits per heavy atom. The van der Waals surface area contributed by atoms with E-state index in [4.69, 9.17) is 5.84 Å². The number of benzene rings is 1. The van der Waals surface area contributed by atoms with Gasteiger partial charge in [0.05, 0.1) is 12.4 Å². The SMILES string of the molecule is Cc1ccccc1Sc1cncc(NN)n1. The first kappa shape index (κ1) is 10.9. The highest BCUT2D eigenvalue weighted by Crippen LogP contribution is 2.28. The van der Waals surface area contributed by atoms with Crippen LogP contribution in [0.4, 0.5) is 5.82 Å². The second kappa shape index (κ2) is 4.96. The molecule has 0 amide bonds. The second-order valence-electron chi connectivity index (χ2n) is 3.25. The lowest BCUT2D eigenvalue weighted by Gasteiger charge is -2.05. The van der Waals surface area contributed by atoms with Gasteiger partial charge < -0.3 is 5.43 Å². The van der Waals surface area contributed by atoms with Crippen LogP contribution in [0.5, 0.6) is 0 Å². The van der Waals surface area contributed by atoms with Crippen LogP contribution in [-0.4, -0.2) is 9.97 Å². The molecule has 82 valence electrons. The first-order chi connectivity index (χ1) is 7.79. The Morgan fingerprint density at radius 3 is 2.81 bits per heavy atom. The third kappa shape index (κ3) is 2.50. The number of nitrogens with one attached hydrogen (secondary N) is 1. The molecular formula is C11H12N4S. The lowest BCUT2D eigenvalue weighted by molar-refractivity contribution is 1.04. The van der Waals surface area contributed by atoms with E-state index in [1.165, 1.54) is 10.5 Å². The van der Waals surface area contributed by atoms with Crippen molar-refractivity contribution in [1.82, 2.24) is 9.97 Å². The molecule has 0 saturated carbocycles. The van der Waals surface area contributed by atoms with Gasteiger partial charge >= 0.3 is 0 Å². The summed E-state index contributed by atoms with van der Waals surface area (Å²) in [6.07, 6.45) is 3.31. The minimum atomic E-state index is 0.568. The number of nitrogens with zero attached hydrogens (tertiary/aromatic N) is 2. The zero-order valence-electron chi connectivity index (χ0n) is 8.84. The van der Waals surface area contributed by atoms with Crippen LogP contribution in [0.3, 0.4) is 0 Å². The van der Waals surface area contributed by atoms with Gasteiger partial charge in [0.2, 0.25) is 0 Å². The Labute approximate surface area is 98.3 Å². The van der Waals surface area contributed by atoms with E-state index in [-0.39, 0.29) is 0 Å². The first-order valence-electron chi connectivity index (χ1n) is 4.82. The molecule has 0 aliphatic heterocycles. The van der Waals surface area contributed by atoms with Crippen LogP contribution < -0.4 is 11.3 Å². The van der Waals surface area contributed by atoms with Crippen LogP contribution in [0.15, 0.2) is 46.6 Å². The minimum absolute atomic E-state index is 0.568. The number of rotatable bonds is 3. The van der Waals surface area contributed by atoms with Crippen molar-refractivity contribution >= 4 is 17.6 Å². The number of hydrogen-bond acceptors (Lipinski definition) is 5. The van der Waals surface area contributed by atoms with Crippen molar-refractivity contribution in [3.63, 3.8) is 0 Å². The highest BCUT2D eigenvalue weighted by molar-refractivity contribution is 7.99. The number of aryl methyl sites for hydroxylation is 1. The van der Waals surface area contributed by atoms with Crippen molar-refractivity contribution in [3.05, 3.63) is 42.2 Å². The molecule has 4 nitrogen and oxygen atoms in total. The van der Waals surface area contributed by atoms with E-state index in [1.807, 2.05) is 12.1 Å². The van der Waals surface area contributed by atoms with Gasteiger partial charge in [-0.05, 0) is 18.6 Å². The molecule has 0 bridgehead atoms.